The van der Waals surface area contributed by atoms with Crippen LogP contribution < -0.4 is 10.6 Å². The van der Waals surface area contributed by atoms with Crippen LogP contribution >= 0.6 is 0 Å². The summed E-state index contributed by atoms with van der Waals surface area (Å²) in [6.45, 7) is 3.33. The number of likely N-dealkylation sites (tertiary alicyclic amines) is 1. The molecule has 1 aromatic carbocycles. The fourth-order valence-corrected chi connectivity index (χ4v) is 2.98. The molecule has 0 atom stereocenters. The SMILES string of the molecule is CCOC(=O)N1CCC(Nc2nccc(C(=O)Nc3ccc(C#N)cc3)n2)CC1. The van der Waals surface area contributed by atoms with Crippen LogP contribution in [0.4, 0.5) is 16.4 Å². The molecule has 1 aromatic heterocycles. The number of aromatic nitrogens is 2. The molecule has 0 radical (unpaired) electrons. The van der Waals surface area contributed by atoms with Crippen LogP contribution in [0, 0.1) is 11.3 Å². The Morgan fingerprint density at radius 3 is 2.62 bits per heavy atom. The third-order valence-corrected chi connectivity index (χ3v) is 4.51. The third kappa shape index (κ3) is 5.42. The molecule has 0 unspecified atom stereocenters. The second-order valence-electron chi connectivity index (χ2n) is 6.51. The summed E-state index contributed by atoms with van der Waals surface area (Å²) in [5.41, 5.74) is 1.33. The lowest BCUT2D eigenvalue weighted by Gasteiger charge is -2.31. The van der Waals surface area contributed by atoms with E-state index in [1.807, 2.05) is 6.07 Å². The standard InChI is InChI=1S/C20H22N6O3/c1-2-29-20(28)26-11-8-16(9-12-26)24-19-22-10-7-17(25-19)18(27)23-15-5-3-14(13-21)4-6-15/h3-7,10,16H,2,8-9,11-12H2,1H3,(H,23,27)(H,22,24,25). The number of hydrogen-bond donors (Lipinski definition) is 2. The molecule has 3 rings (SSSR count). The van der Waals surface area contributed by atoms with Gasteiger partial charge in [0, 0.05) is 31.0 Å². The number of anilines is 2. The Morgan fingerprint density at radius 2 is 1.97 bits per heavy atom. The van der Waals surface area contributed by atoms with Gasteiger partial charge in [0.1, 0.15) is 5.69 Å². The Bertz CT molecular complexity index is 901. The lowest BCUT2D eigenvalue weighted by Crippen LogP contribution is -2.42. The minimum Gasteiger partial charge on any atom is -0.450 e. The normalized spacial score (nSPS) is 14.0. The Balaban J connectivity index is 1.56. The van der Waals surface area contributed by atoms with Crippen molar-refractivity contribution in [2.75, 3.05) is 30.3 Å². The zero-order valence-corrected chi connectivity index (χ0v) is 16.1. The molecule has 2 N–H and O–H groups in total. The van der Waals surface area contributed by atoms with Crippen LogP contribution in [0.1, 0.15) is 35.8 Å². The zero-order chi connectivity index (χ0) is 20.6. The summed E-state index contributed by atoms with van der Waals surface area (Å²) in [5.74, 6) is 0.00403. The summed E-state index contributed by atoms with van der Waals surface area (Å²) in [5, 5.41) is 14.8. The van der Waals surface area contributed by atoms with Crippen molar-refractivity contribution in [3.63, 3.8) is 0 Å². The largest absolute Gasteiger partial charge is 0.450 e. The highest BCUT2D eigenvalue weighted by molar-refractivity contribution is 6.02. The average Bonchev–Trinajstić information content (AvgIpc) is 2.75. The van der Waals surface area contributed by atoms with Gasteiger partial charge >= 0.3 is 6.09 Å². The van der Waals surface area contributed by atoms with Gasteiger partial charge in [-0.15, -0.1) is 0 Å². The van der Waals surface area contributed by atoms with E-state index in [1.165, 1.54) is 12.3 Å². The molecular formula is C20H22N6O3. The number of benzene rings is 1. The first-order valence-electron chi connectivity index (χ1n) is 9.42. The summed E-state index contributed by atoms with van der Waals surface area (Å²) in [7, 11) is 0. The number of carbonyl (C=O) groups excluding carboxylic acids is 2. The van der Waals surface area contributed by atoms with E-state index < -0.39 is 0 Å². The molecule has 2 heterocycles. The van der Waals surface area contributed by atoms with Gasteiger partial charge in [0.25, 0.3) is 5.91 Å². The Hall–Kier alpha value is -3.67. The Labute approximate surface area is 168 Å². The number of nitrogens with zero attached hydrogens (tertiary/aromatic N) is 4. The number of piperidine rings is 1. The highest BCUT2D eigenvalue weighted by atomic mass is 16.6. The highest BCUT2D eigenvalue weighted by Gasteiger charge is 2.24. The first-order chi connectivity index (χ1) is 14.1. The van der Waals surface area contributed by atoms with Gasteiger partial charge in [-0.3, -0.25) is 4.79 Å². The minimum atomic E-state index is -0.364. The molecular weight excluding hydrogens is 372 g/mol. The van der Waals surface area contributed by atoms with Crippen molar-refractivity contribution in [1.29, 1.82) is 5.26 Å². The molecule has 150 valence electrons. The maximum Gasteiger partial charge on any atom is 0.409 e. The second-order valence-corrected chi connectivity index (χ2v) is 6.51. The van der Waals surface area contributed by atoms with Crippen LogP contribution in [0.5, 0.6) is 0 Å². The molecule has 1 saturated heterocycles. The van der Waals surface area contributed by atoms with Gasteiger partial charge < -0.3 is 20.3 Å². The molecule has 1 aliphatic heterocycles. The van der Waals surface area contributed by atoms with E-state index in [4.69, 9.17) is 10.00 Å². The van der Waals surface area contributed by atoms with Gasteiger partial charge in [-0.2, -0.15) is 5.26 Å². The molecule has 0 bridgehead atoms. The highest BCUT2D eigenvalue weighted by Crippen LogP contribution is 2.16. The van der Waals surface area contributed by atoms with Gasteiger partial charge in [-0.1, -0.05) is 0 Å². The smallest absolute Gasteiger partial charge is 0.409 e. The number of nitriles is 1. The van der Waals surface area contributed by atoms with Crippen molar-refractivity contribution in [2.45, 2.75) is 25.8 Å². The number of nitrogens with one attached hydrogen (secondary N) is 2. The maximum atomic E-state index is 12.4. The molecule has 0 aliphatic carbocycles. The van der Waals surface area contributed by atoms with Crippen molar-refractivity contribution in [3.05, 3.63) is 47.8 Å². The molecule has 1 fully saturated rings. The van der Waals surface area contributed by atoms with E-state index in [2.05, 4.69) is 20.6 Å². The van der Waals surface area contributed by atoms with E-state index >= 15 is 0 Å². The van der Waals surface area contributed by atoms with E-state index in [0.29, 0.717) is 36.9 Å². The summed E-state index contributed by atoms with van der Waals surface area (Å²) in [6, 6.07) is 10.3. The lowest BCUT2D eigenvalue weighted by atomic mass is 10.1. The number of carbonyl (C=O) groups is 2. The van der Waals surface area contributed by atoms with Crippen LogP contribution in [0.3, 0.4) is 0 Å². The van der Waals surface area contributed by atoms with E-state index in [9.17, 15) is 9.59 Å². The van der Waals surface area contributed by atoms with E-state index in [1.54, 1.807) is 36.1 Å². The summed E-state index contributed by atoms with van der Waals surface area (Å²) in [6.07, 6.45) is 2.72. The summed E-state index contributed by atoms with van der Waals surface area (Å²) >= 11 is 0. The molecule has 1 aliphatic rings. The van der Waals surface area contributed by atoms with Crippen molar-refractivity contribution in [1.82, 2.24) is 14.9 Å². The van der Waals surface area contributed by atoms with E-state index in [0.717, 1.165) is 12.8 Å². The van der Waals surface area contributed by atoms with Crippen LogP contribution in [0.15, 0.2) is 36.5 Å². The van der Waals surface area contributed by atoms with E-state index in [-0.39, 0.29) is 23.7 Å². The molecule has 0 saturated carbocycles. The van der Waals surface area contributed by atoms with Crippen molar-refractivity contribution in [3.8, 4) is 6.07 Å². The minimum absolute atomic E-state index is 0.109. The number of hydrogen-bond acceptors (Lipinski definition) is 7. The average molecular weight is 394 g/mol. The van der Waals surface area contributed by atoms with Gasteiger partial charge in [-0.05, 0) is 50.1 Å². The predicted octanol–water partition coefficient (Wildman–Crippen LogP) is 2.63. The first kappa shape index (κ1) is 20.1. The quantitative estimate of drug-likeness (QED) is 0.800. The lowest BCUT2D eigenvalue weighted by molar-refractivity contribution is 0.0980. The Morgan fingerprint density at radius 1 is 1.24 bits per heavy atom. The van der Waals surface area contributed by atoms with Gasteiger partial charge in [0.05, 0.1) is 18.2 Å². The van der Waals surface area contributed by atoms with Gasteiger partial charge in [0.15, 0.2) is 0 Å². The fraction of sp³-hybridized carbons (Fsp3) is 0.350. The van der Waals surface area contributed by atoms with Crippen molar-refractivity contribution >= 4 is 23.6 Å². The van der Waals surface area contributed by atoms with Crippen LogP contribution in [-0.2, 0) is 4.74 Å². The first-order valence-corrected chi connectivity index (χ1v) is 9.42. The van der Waals surface area contributed by atoms with Gasteiger partial charge in [-0.25, -0.2) is 14.8 Å². The van der Waals surface area contributed by atoms with Gasteiger partial charge in [0.2, 0.25) is 5.95 Å². The van der Waals surface area contributed by atoms with Crippen LogP contribution in [-0.4, -0.2) is 52.6 Å². The molecule has 29 heavy (non-hydrogen) atoms. The third-order valence-electron chi connectivity index (χ3n) is 4.51. The van der Waals surface area contributed by atoms with Crippen molar-refractivity contribution in [2.24, 2.45) is 0 Å². The molecule has 2 amide bonds. The maximum absolute atomic E-state index is 12.4. The summed E-state index contributed by atoms with van der Waals surface area (Å²) < 4.78 is 5.02. The fourth-order valence-electron chi connectivity index (χ4n) is 2.98. The number of rotatable bonds is 5. The molecule has 9 nitrogen and oxygen atoms in total. The van der Waals surface area contributed by atoms with Crippen LogP contribution in [0.25, 0.3) is 0 Å². The molecule has 0 spiro atoms. The Kier molecular flexibility index (Phi) is 6.58. The number of amides is 2. The molecule has 2 aromatic rings. The molecule has 9 heteroatoms. The number of ether oxygens (including phenoxy) is 1. The summed E-state index contributed by atoms with van der Waals surface area (Å²) in [4.78, 5) is 34.4. The topological polar surface area (TPSA) is 120 Å². The van der Waals surface area contributed by atoms with Crippen molar-refractivity contribution < 1.29 is 14.3 Å². The van der Waals surface area contributed by atoms with Crippen LogP contribution in [0.2, 0.25) is 0 Å². The predicted molar refractivity (Wildman–Crippen MR) is 106 cm³/mol. The second kappa shape index (κ2) is 9.50. The zero-order valence-electron chi connectivity index (χ0n) is 16.1. The monoisotopic (exact) mass is 394 g/mol.